The molecule has 8 nitrogen and oxygen atoms in total. The van der Waals surface area contributed by atoms with Gasteiger partial charge in [-0.3, -0.25) is 20.4 Å². The molecule has 0 aliphatic heterocycles. The van der Waals surface area contributed by atoms with Crippen molar-refractivity contribution < 1.29 is 14.3 Å². The third-order valence-corrected chi connectivity index (χ3v) is 4.69. The summed E-state index contributed by atoms with van der Waals surface area (Å²) in [7, 11) is 0. The molecule has 0 aliphatic carbocycles. The molecule has 3 aromatic rings. The average molecular weight is 414 g/mol. The van der Waals surface area contributed by atoms with E-state index in [0.29, 0.717) is 17.2 Å². The van der Waals surface area contributed by atoms with Gasteiger partial charge in [0.15, 0.2) is 0 Å². The van der Waals surface area contributed by atoms with Crippen LogP contribution in [0.1, 0.15) is 34.5 Å². The highest BCUT2D eigenvalue weighted by Crippen LogP contribution is 2.21. The van der Waals surface area contributed by atoms with Crippen molar-refractivity contribution in [2.75, 3.05) is 0 Å². The molecule has 2 N–H and O–H groups in total. The zero-order chi connectivity index (χ0) is 20.8. The third kappa shape index (κ3) is 5.32. The van der Waals surface area contributed by atoms with Crippen molar-refractivity contribution in [3.8, 4) is 5.75 Å². The number of ether oxygens (including phenoxy) is 1. The maximum absolute atomic E-state index is 12.2. The summed E-state index contributed by atoms with van der Waals surface area (Å²) in [5, 5.41) is 4.58. The first kappa shape index (κ1) is 20.3. The summed E-state index contributed by atoms with van der Waals surface area (Å²) in [5.41, 5.74) is 7.01. The normalized spacial score (nSPS) is 11.6. The predicted molar refractivity (Wildman–Crippen MR) is 107 cm³/mol. The van der Waals surface area contributed by atoms with Gasteiger partial charge in [-0.25, -0.2) is 9.67 Å². The monoisotopic (exact) mass is 413 g/mol. The maximum atomic E-state index is 12.2. The molecule has 29 heavy (non-hydrogen) atoms. The van der Waals surface area contributed by atoms with Crippen LogP contribution in [0.15, 0.2) is 55.1 Å². The van der Waals surface area contributed by atoms with Crippen LogP contribution in [0.3, 0.4) is 0 Å². The second-order valence-corrected chi connectivity index (χ2v) is 6.80. The van der Waals surface area contributed by atoms with Gasteiger partial charge in [0.25, 0.3) is 11.8 Å². The number of carbonyl (C=O) groups excluding carboxylic acids is 2. The molecule has 0 bridgehead atoms. The Morgan fingerprint density at radius 2 is 1.93 bits per heavy atom. The van der Waals surface area contributed by atoms with Crippen molar-refractivity contribution in [1.82, 2.24) is 25.6 Å². The molecule has 1 heterocycles. The van der Waals surface area contributed by atoms with E-state index < -0.39 is 17.9 Å². The minimum Gasteiger partial charge on any atom is -0.489 e. The van der Waals surface area contributed by atoms with Crippen molar-refractivity contribution >= 4 is 23.4 Å². The van der Waals surface area contributed by atoms with Gasteiger partial charge in [-0.05, 0) is 55.3 Å². The van der Waals surface area contributed by atoms with Crippen LogP contribution in [0.4, 0.5) is 0 Å². The number of amides is 2. The van der Waals surface area contributed by atoms with Gasteiger partial charge in [-0.1, -0.05) is 23.7 Å². The number of hydrazine groups is 1. The highest BCUT2D eigenvalue weighted by atomic mass is 35.5. The van der Waals surface area contributed by atoms with Gasteiger partial charge in [-0.15, -0.1) is 0 Å². The Morgan fingerprint density at radius 3 is 2.59 bits per heavy atom. The van der Waals surface area contributed by atoms with Gasteiger partial charge in [0, 0.05) is 10.6 Å². The van der Waals surface area contributed by atoms with Gasteiger partial charge in [0.05, 0.1) is 0 Å². The van der Waals surface area contributed by atoms with E-state index in [2.05, 4.69) is 20.9 Å². The molecule has 3 rings (SSSR count). The quantitative estimate of drug-likeness (QED) is 0.605. The van der Waals surface area contributed by atoms with E-state index >= 15 is 0 Å². The molecule has 0 spiro atoms. The topological polar surface area (TPSA) is 98.1 Å². The van der Waals surface area contributed by atoms with Crippen molar-refractivity contribution in [2.24, 2.45) is 0 Å². The summed E-state index contributed by atoms with van der Waals surface area (Å²) in [5.74, 6) is -0.116. The van der Waals surface area contributed by atoms with Gasteiger partial charge >= 0.3 is 0 Å². The number of nitrogens with zero attached hydrogens (tertiary/aromatic N) is 3. The minimum atomic E-state index is -0.603. The molecular weight excluding hydrogens is 394 g/mol. The van der Waals surface area contributed by atoms with E-state index in [0.717, 1.165) is 16.9 Å². The lowest BCUT2D eigenvalue weighted by Crippen LogP contribution is -2.44. The van der Waals surface area contributed by atoms with E-state index in [-0.39, 0.29) is 0 Å². The SMILES string of the molecule is Cc1cc(OCc2ccc(C(=O)NNC(=O)[C@@H](C)n3cncn3)cc2)ccc1Cl. The minimum absolute atomic E-state index is 0.356. The van der Waals surface area contributed by atoms with Crippen molar-refractivity contribution in [3.63, 3.8) is 0 Å². The summed E-state index contributed by atoms with van der Waals surface area (Å²) >= 11 is 6.01. The van der Waals surface area contributed by atoms with Crippen LogP contribution >= 0.6 is 11.6 Å². The largest absolute Gasteiger partial charge is 0.489 e. The molecule has 150 valence electrons. The fourth-order valence-electron chi connectivity index (χ4n) is 2.46. The molecule has 0 radical (unpaired) electrons. The lowest BCUT2D eigenvalue weighted by atomic mass is 10.1. The van der Waals surface area contributed by atoms with E-state index in [1.54, 1.807) is 43.3 Å². The summed E-state index contributed by atoms with van der Waals surface area (Å²) in [6, 6.07) is 11.8. The Hall–Kier alpha value is -3.39. The zero-order valence-electron chi connectivity index (χ0n) is 15.9. The molecule has 0 unspecified atom stereocenters. The van der Waals surface area contributed by atoms with E-state index in [1.807, 2.05) is 13.0 Å². The Kier molecular flexibility index (Phi) is 6.46. The predicted octanol–water partition coefficient (Wildman–Crippen LogP) is 2.84. The molecule has 2 amide bonds. The van der Waals surface area contributed by atoms with Crippen LogP contribution in [0, 0.1) is 6.92 Å². The number of rotatable bonds is 6. The zero-order valence-corrected chi connectivity index (χ0v) is 16.7. The number of hydrogen-bond donors (Lipinski definition) is 2. The molecule has 0 aliphatic rings. The molecule has 0 fully saturated rings. The Morgan fingerprint density at radius 1 is 1.17 bits per heavy atom. The van der Waals surface area contributed by atoms with E-state index in [1.165, 1.54) is 17.3 Å². The fraction of sp³-hybridized carbons (Fsp3) is 0.200. The van der Waals surface area contributed by atoms with Crippen LogP contribution < -0.4 is 15.6 Å². The average Bonchev–Trinajstić information content (AvgIpc) is 3.27. The molecular formula is C20H20ClN5O3. The number of hydrogen-bond acceptors (Lipinski definition) is 5. The lowest BCUT2D eigenvalue weighted by molar-refractivity contribution is -0.124. The molecule has 1 aromatic heterocycles. The standard InChI is InChI=1S/C20H20ClN5O3/c1-13-9-17(7-8-18(13)21)29-10-15-3-5-16(6-4-15)20(28)25-24-19(27)14(2)26-12-22-11-23-26/h3-9,11-12,14H,10H2,1-2H3,(H,24,27)(H,25,28)/t14-/m1/s1. The van der Waals surface area contributed by atoms with Gasteiger partial charge in [0.2, 0.25) is 0 Å². The van der Waals surface area contributed by atoms with Crippen LogP contribution in [0.2, 0.25) is 5.02 Å². The number of nitrogens with one attached hydrogen (secondary N) is 2. The van der Waals surface area contributed by atoms with E-state index in [9.17, 15) is 9.59 Å². The fourth-order valence-corrected chi connectivity index (χ4v) is 2.58. The Labute approximate surface area is 172 Å². The van der Waals surface area contributed by atoms with Crippen molar-refractivity contribution in [3.05, 3.63) is 76.8 Å². The van der Waals surface area contributed by atoms with Crippen LogP contribution in [-0.2, 0) is 11.4 Å². The summed E-state index contributed by atoms with van der Waals surface area (Å²) in [6.07, 6.45) is 2.76. The van der Waals surface area contributed by atoms with Gasteiger partial charge in [-0.2, -0.15) is 5.10 Å². The van der Waals surface area contributed by atoms with Gasteiger partial charge < -0.3 is 4.74 Å². The highest BCUT2D eigenvalue weighted by molar-refractivity contribution is 6.31. The van der Waals surface area contributed by atoms with E-state index in [4.69, 9.17) is 16.3 Å². The first-order valence-corrected chi connectivity index (χ1v) is 9.24. The number of carbonyl (C=O) groups is 2. The van der Waals surface area contributed by atoms with Gasteiger partial charge in [0.1, 0.15) is 31.1 Å². The number of halogens is 1. The number of aromatic nitrogens is 3. The first-order valence-electron chi connectivity index (χ1n) is 8.86. The van der Waals surface area contributed by atoms with Crippen LogP contribution in [-0.4, -0.2) is 26.6 Å². The highest BCUT2D eigenvalue weighted by Gasteiger charge is 2.16. The number of aryl methyl sites for hydroxylation is 1. The summed E-state index contributed by atoms with van der Waals surface area (Å²) in [6.45, 7) is 3.91. The first-order chi connectivity index (χ1) is 13.9. The second-order valence-electron chi connectivity index (χ2n) is 6.39. The lowest BCUT2D eigenvalue weighted by Gasteiger charge is -2.13. The molecule has 9 heteroatoms. The van der Waals surface area contributed by atoms with Crippen LogP contribution in [0.25, 0.3) is 0 Å². The maximum Gasteiger partial charge on any atom is 0.269 e. The summed E-state index contributed by atoms with van der Waals surface area (Å²) < 4.78 is 7.13. The molecule has 1 atom stereocenters. The van der Waals surface area contributed by atoms with Crippen LogP contribution in [0.5, 0.6) is 5.75 Å². The Balaban J connectivity index is 1.50. The third-order valence-electron chi connectivity index (χ3n) is 4.26. The number of benzene rings is 2. The molecule has 0 saturated heterocycles. The second kappa shape index (κ2) is 9.20. The summed E-state index contributed by atoms with van der Waals surface area (Å²) in [4.78, 5) is 28.1. The Bertz CT molecular complexity index is 990. The van der Waals surface area contributed by atoms with Crippen molar-refractivity contribution in [1.29, 1.82) is 0 Å². The smallest absolute Gasteiger partial charge is 0.269 e. The van der Waals surface area contributed by atoms with Crippen molar-refractivity contribution in [2.45, 2.75) is 26.5 Å². The molecule has 2 aromatic carbocycles. The molecule has 0 saturated carbocycles.